The number of rotatable bonds is 8. The fourth-order valence-electron chi connectivity index (χ4n) is 2.34. The molecule has 0 aromatic heterocycles. The van der Waals surface area contributed by atoms with Crippen LogP contribution in [0.4, 0.5) is 5.69 Å². The van der Waals surface area contributed by atoms with Gasteiger partial charge in [0.25, 0.3) is 5.91 Å². The lowest BCUT2D eigenvalue weighted by atomic mass is 10.1. The molecule has 140 valence electrons. The van der Waals surface area contributed by atoms with Crippen LogP contribution in [0.1, 0.15) is 11.1 Å². The Morgan fingerprint density at radius 1 is 1.07 bits per heavy atom. The Hall–Kier alpha value is -3.53. The van der Waals surface area contributed by atoms with Crippen LogP contribution in [-0.2, 0) is 27.2 Å². The van der Waals surface area contributed by atoms with E-state index >= 15 is 0 Å². The third-order valence-corrected chi connectivity index (χ3v) is 3.71. The maximum absolute atomic E-state index is 12.0. The number of hydrogen-bond donors (Lipinski definition) is 1. The van der Waals surface area contributed by atoms with Crippen molar-refractivity contribution in [2.75, 3.05) is 26.1 Å². The second kappa shape index (κ2) is 9.82. The van der Waals surface area contributed by atoms with Crippen LogP contribution < -0.4 is 14.8 Å². The number of nitrogens with one attached hydrogen (secondary N) is 1. The predicted octanol–water partition coefficient (Wildman–Crippen LogP) is 2.49. The Morgan fingerprint density at radius 2 is 1.81 bits per heavy atom. The van der Waals surface area contributed by atoms with E-state index in [9.17, 15) is 9.59 Å². The average molecular weight is 368 g/mol. The van der Waals surface area contributed by atoms with Crippen molar-refractivity contribution in [3.63, 3.8) is 0 Å². The van der Waals surface area contributed by atoms with Gasteiger partial charge in [-0.1, -0.05) is 18.2 Å². The van der Waals surface area contributed by atoms with Crippen molar-refractivity contribution in [3.8, 4) is 17.6 Å². The summed E-state index contributed by atoms with van der Waals surface area (Å²) in [5, 5.41) is 11.3. The molecule has 0 bridgehead atoms. The van der Waals surface area contributed by atoms with Crippen LogP contribution in [0.3, 0.4) is 0 Å². The second-order valence-electron chi connectivity index (χ2n) is 5.60. The lowest BCUT2D eigenvalue weighted by Gasteiger charge is -2.10. The van der Waals surface area contributed by atoms with Crippen LogP contribution in [0, 0.1) is 11.3 Å². The second-order valence-corrected chi connectivity index (χ2v) is 5.60. The molecule has 7 heteroatoms. The molecule has 0 aliphatic carbocycles. The van der Waals surface area contributed by atoms with Gasteiger partial charge in [-0.3, -0.25) is 9.59 Å². The number of anilines is 1. The summed E-state index contributed by atoms with van der Waals surface area (Å²) >= 11 is 0. The first-order chi connectivity index (χ1) is 13.0. The molecule has 0 radical (unpaired) electrons. The van der Waals surface area contributed by atoms with Crippen LogP contribution in [0.15, 0.2) is 42.5 Å². The summed E-state index contributed by atoms with van der Waals surface area (Å²) in [6.45, 7) is -0.392. The number of methoxy groups -OCH3 is 2. The summed E-state index contributed by atoms with van der Waals surface area (Å²) in [4.78, 5) is 23.9. The van der Waals surface area contributed by atoms with Crippen LogP contribution in [0.5, 0.6) is 11.5 Å². The van der Waals surface area contributed by atoms with E-state index in [1.54, 1.807) is 49.6 Å². The topological polar surface area (TPSA) is 97.6 Å². The lowest BCUT2D eigenvalue weighted by Crippen LogP contribution is -2.21. The van der Waals surface area contributed by atoms with Gasteiger partial charge < -0.3 is 19.5 Å². The van der Waals surface area contributed by atoms with Gasteiger partial charge in [0.2, 0.25) is 0 Å². The van der Waals surface area contributed by atoms with E-state index in [0.717, 1.165) is 5.56 Å². The van der Waals surface area contributed by atoms with Gasteiger partial charge in [-0.25, -0.2) is 0 Å². The number of esters is 1. The number of hydrogen-bond acceptors (Lipinski definition) is 6. The van der Waals surface area contributed by atoms with Crippen molar-refractivity contribution in [1.29, 1.82) is 5.26 Å². The van der Waals surface area contributed by atoms with E-state index < -0.39 is 18.5 Å². The average Bonchev–Trinajstić information content (AvgIpc) is 2.68. The van der Waals surface area contributed by atoms with Crippen LogP contribution in [0.2, 0.25) is 0 Å². The zero-order chi connectivity index (χ0) is 19.6. The smallest absolute Gasteiger partial charge is 0.310 e. The van der Waals surface area contributed by atoms with Gasteiger partial charge in [-0.2, -0.15) is 5.26 Å². The fourth-order valence-corrected chi connectivity index (χ4v) is 2.34. The minimum Gasteiger partial charge on any atom is -0.497 e. The first-order valence-corrected chi connectivity index (χ1v) is 8.18. The Morgan fingerprint density at radius 3 is 2.44 bits per heavy atom. The third kappa shape index (κ3) is 6.04. The SMILES string of the molecule is COc1ccc(CC(=O)OCC(=O)Nc2ccc(CC#N)cc2)c(OC)c1. The zero-order valence-electron chi connectivity index (χ0n) is 15.2. The van der Waals surface area contributed by atoms with Gasteiger partial charge in [0.15, 0.2) is 6.61 Å². The Kier molecular flexibility index (Phi) is 7.20. The molecule has 0 heterocycles. The number of carbonyl (C=O) groups is 2. The molecule has 0 saturated heterocycles. The van der Waals surface area contributed by atoms with Crippen molar-refractivity contribution in [1.82, 2.24) is 0 Å². The maximum Gasteiger partial charge on any atom is 0.310 e. The number of carbonyl (C=O) groups excluding carboxylic acids is 2. The molecule has 1 N–H and O–H groups in total. The molecular formula is C20H20N2O5. The quantitative estimate of drug-likeness (QED) is 0.719. The molecule has 7 nitrogen and oxygen atoms in total. The summed E-state index contributed by atoms with van der Waals surface area (Å²) in [7, 11) is 3.04. The van der Waals surface area contributed by atoms with E-state index in [4.69, 9.17) is 19.5 Å². The molecule has 0 aliphatic heterocycles. The Labute approximate surface area is 157 Å². The van der Waals surface area contributed by atoms with E-state index in [0.29, 0.717) is 29.2 Å². The number of ether oxygens (including phenoxy) is 3. The van der Waals surface area contributed by atoms with Crippen LogP contribution in [0.25, 0.3) is 0 Å². The van der Waals surface area contributed by atoms with Gasteiger partial charge in [0.1, 0.15) is 11.5 Å². The Balaban J connectivity index is 1.84. The summed E-state index contributed by atoms with van der Waals surface area (Å²) in [5.74, 6) is 0.133. The van der Waals surface area contributed by atoms with Crippen molar-refractivity contribution < 1.29 is 23.8 Å². The molecular weight excluding hydrogens is 348 g/mol. The van der Waals surface area contributed by atoms with Gasteiger partial charge in [0.05, 0.1) is 33.1 Å². The summed E-state index contributed by atoms with van der Waals surface area (Å²) in [6.07, 6.45) is 0.282. The fraction of sp³-hybridized carbons (Fsp3) is 0.250. The minimum absolute atomic E-state index is 0.0245. The highest BCUT2D eigenvalue weighted by atomic mass is 16.5. The molecule has 2 rings (SSSR count). The van der Waals surface area contributed by atoms with Crippen LogP contribution in [-0.4, -0.2) is 32.7 Å². The Bertz CT molecular complexity index is 840. The predicted molar refractivity (Wildman–Crippen MR) is 98.6 cm³/mol. The van der Waals surface area contributed by atoms with Crippen molar-refractivity contribution in [3.05, 3.63) is 53.6 Å². The molecule has 0 atom stereocenters. The number of benzene rings is 2. The van der Waals surface area contributed by atoms with Crippen molar-refractivity contribution in [2.45, 2.75) is 12.8 Å². The molecule has 2 aromatic rings. The normalized spacial score (nSPS) is 9.81. The minimum atomic E-state index is -0.544. The number of nitrogens with zero attached hydrogens (tertiary/aromatic N) is 1. The largest absolute Gasteiger partial charge is 0.497 e. The first-order valence-electron chi connectivity index (χ1n) is 8.18. The molecule has 0 saturated carbocycles. The summed E-state index contributed by atoms with van der Waals surface area (Å²) < 4.78 is 15.4. The summed E-state index contributed by atoms with van der Waals surface area (Å²) in [6, 6.07) is 14.0. The van der Waals surface area contributed by atoms with Crippen molar-refractivity contribution in [2.24, 2.45) is 0 Å². The molecule has 0 aliphatic rings. The maximum atomic E-state index is 12.0. The first kappa shape index (κ1) is 19.8. The van der Waals surface area contributed by atoms with Gasteiger partial charge in [0, 0.05) is 17.3 Å². The van der Waals surface area contributed by atoms with E-state index in [2.05, 4.69) is 11.4 Å². The highest BCUT2D eigenvalue weighted by Gasteiger charge is 2.13. The van der Waals surface area contributed by atoms with Gasteiger partial charge >= 0.3 is 5.97 Å². The van der Waals surface area contributed by atoms with E-state index in [1.807, 2.05) is 0 Å². The van der Waals surface area contributed by atoms with Gasteiger partial charge in [-0.05, 0) is 23.8 Å². The lowest BCUT2D eigenvalue weighted by molar-refractivity contribution is -0.146. The molecule has 0 spiro atoms. The summed E-state index contributed by atoms with van der Waals surface area (Å²) in [5.41, 5.74) is 2.06. The molecule has 0 fully saturated rings. The monoisotopic (exact) mass is 368 g/mol. The molecule has 0 unspecified atom stereocenters. The number of amides is 1. The number of nitriles is 1. The molecule has 2 aromatic carbocycles. The van der Waals surface area contributed by atoms with Crippen LogP contribution >= 0.6 is 0 Å². The highest BCUT2D eigenvalue weighted by molar-refractivity contribution is 5.92. The highest BCUT2D eigenvalue weighted by Crippen LogP contribution is 2.25. The molecule has 1 amide bonds. The van der Waals surface area contributed by atoms with Gasteiger partial charge in [-0.15, -0.1) is 0 Å². The molecule has 27 heavy (non-hydrogen) atoms. The third-order valence-electron chi connectivity index (χ3n) is 3.71. The van der Waals surface area contributed by atoms with Crippen molar-refractivity contribution >= 4 is 17.6 Å². The zero-order valence-corrected chi connectivity index (χ0v) is 15.2. The van der Waals surface area contributed by atoms with E-state index in [1.165, 1.54) is 7.11 Å². The standard InChI is InChI=1S/C20H20N2O5/c1-25-17-8-5-15(18(12-17)26-2)11-20(24)27-13-19(23)22-16-6-3-14(4-7-16)9-10-21/h3-8,12H,9,11,13H2,1-2H3,(H,22,23). The van der Waals surface area contributed by atoms with E-state index in [-0.39, 0.29) is 6.42 Å².